The van der Waals surface area contributed by atoms with Crippen molar-refractivity contribution in [1.82, 2.24) is 10.2 Å². The molecule has 1 fully saturated rings. The predicted molar refractivity (Wildman–Crippen MR) is 55.4 cm³/mol. The Hall–Kier alpha value is -0.400. The van der Waals surface area contributed by atoms with Crippen LogP contribution < -0.4 is 5.32 Å². The van der Waals surface area contributed by atoms with E-state index in [9.17, 15) is 17.6 Å². The summed E-state index contributed by atoms with van der Waals surface area (Å²) in [5, 5.41) is 3.03. The Morgan fingerprint density at radius 3 is 2.59 bits per heavy atom. The molecule has 1 heterocycles. The van der Waals surface area contributed by atoms with Gasteiger partial charge < -0.3 is 10.2 Å². The van der Waals surface area contributed by atoms with E-state index in [0.29, 0.717) is 25.9 Å². The van der Waals surface area contributed by atoms with Crippen molar-refractivity contribution < 1.29 is 22.3 Å². The van der Waals surface area contributed by atoms with E-state index in [2.05, 4.69) is 10.1 Å². The second-order valence-electron chi connectivity index (χ2n) is 4.25. The van der Waals surface area contributed by atoms with Crippen LogP contribution in [-0.4, -0.2) is 56.8 Å². The summed E-state index contributed by atoms with van der Waals surface area (Å²) in [6.45, 7) is 1.02. The van der Waals surface area contributed by atoms with Crippen molar-refractivity contribution >= 4 is 0 Å². The van der Waals surface area contributed by atoms with Crippen LogP contribution >= 0.6 is 0 Å². The number of alkyl halides is 4. The van der Waals surface area contributed by atoms with Crippen LogP contribution in [0.3, 0.4) is 0 Å². The SMILES string of the molecule is CN(CCOC(F)(F)F)CCC1NCCC1F. The van der Waals surface area contributed by atoms with Gasteiger partial charge in [0, 0.05) is 12.6 Å². The Labute approximate surface area is 98.1 Å². The average molecular weight is 258 g/mol. The average Bonchev–Trinajstić information content (AvgIpc) is 2.59. The summed E-state index contributed by atoms with van der Waals surface area (Å²) >= 11 is 0. The van der Waals surface area contributed by atoms with Gasteiger partial charge in [0.15, 0.2) is 0 Å². The van der Waals surface area contributed by atoms with Gasteiger partial charge in [-0.1, -0.05) is 0 Å². The fourth-order valence-electron chi connectivity index (χ4n) is 1.81. The van der Waals surface area contributed by atoms with E-state index in [1.165, 1.54) is 0 Å². The monoisotopic (exact) mass is 258 g/mol. The van der Waals surface area contributed by atoms with E-state index in [-0.39, 0.29) is 12.6 Å². The molecule has 3 nitrogen and oxygen atoms in total. The first-order chi connectivity index (χ1) is 7.88. The van der Waals surface area contributed by atoms with Crippen molar-refractivity contribution in [2.45, 2.75) is 31.4 Å². The first kappa shape index (κ1) is 14.7. The molecule has 1 saturated heterocycles. The number of nitrogens with zero attached hydrogens (tertiary/aromatic N) is 1. The molecule has 102 valence electrons. The van der Waals surface area contributed by atoms with Gasteiger partial charge in [0.25, 0.3) is 0 Å². The summed E-state index contributed by atoms with van der Waals surface area (Å²) in [7, 11) is 1.70. The minimum absolute atomic E-state index is 0.166. The maximum atomic E-state index is 13.2. The Bertz CT molecular complexity index is 225. The number of halogens is 4. The molecule has 2 unspecified atom stereocenters. The molecule has 7 heteroatoms. The van der Waals surface area contributed by atoms with Crippen LogP contribution in [-0.2, 0) is 4.74 Å². The van der Waals surface area contributed by atoms with Gasteiger partial charge in [0.2, 0.25) is 0 Å². The van der Waals surface area contributed by atoms with Gasteiger partial charge in [-0.2, -0.15) is 0 Å². The molecule has 2 atom stereocenters. The lowest BCUT2D eigenvalue weighted by atomic mass is 10.1. The zero-order valence-electron chi connectivity index (χ0n) is 9.76. The summed E-state index contributed by atoms with van der Waals surface area (Å²) in [6.07, 6.45) is -4.29. The van der Waals surface area contributed by atoms with Gasteiger partial charge in [0.05, 0.1) is 6.61 Å². The van der Waals surface area contributed by atoms with Crippen LogP contribution in [0.2, 0.25) is 0 Å². The molecule has 0 aromatic carbocycles. The fourth-order valence-corrected chi connectivity index (χ4v) is 1.81. The number of hydrogen-bond acceptors (Lipinski definition) is 3. The molecule has 0 bridgehead atoms. The molecular weight excluding hydrogens is 240 g/mol. The Balaban J connectivity index is 2.07. The smallest absolute Gasteiger partial charge is 0.311 e. The summed E-state index contributed by atoms with van der Waals surface area (Å²) in [4.78, 5) is 1.71. The van der Waals surface area contributed by atoms with Crippen LogP contribution in [0.25, 0.3) is 0 Å². The number of nitrogens with one attached hydrogen (secondary N) is 1. The molecule has 0 saturated carbocycles. The number of rotatable bonds is 6. The molecule has 0 spiro atoms. The lowest BCUT2D eigenvalue weighted by molar-refractivity contribution is -0.324. The zero-order chi connectivity index (χ0) is 12.9. The standard InChI is InChI=1S/C10H18F4N2O/c1-16(6-7-17-10(12,13)14)5-3-9-8(11)2-4-15-9/h8-9,15H,2-7H2,1H3. The third kappa shape index (κ3) is 6.18. The normalized spacial score (nSPS) is 25.8. The van der Waals surface area contributed by atoms with Crippen LogP contribution in [0.4, 0.5) is 17.6 Å². The van der Waals surface area contributed by atoms with Gasteiger partial charge in [-0.15, -0.1) is 13.2 Å². The third-order valence-electron chi connectivity index (χ3n) is 2.82. The van der Waals surface area contributed by atoms with Gasteiger partial charge in [0.1, 0.15) is 6.17 Å². The topological polar surface area (TPSA) is 24.5 Å². The highest BCUT2D eigenvalue weighted by atomic mass is 19.4. The minimum atomic E-state index is -4.57. The third-order valence-corrected chi connectivity index (χ3v) is 2.82. The molecule has 1 rings (SSSR count). The first-order valence-electron chi connectivity index (χ1n) is 5.65. The van der Waals surface area contributed by atoms with E-state index < -0.39 is 19.1 Å². The van der Waals surface area contributed by atoms with Crippen molar-refractivity contribution in [1.29, 1.82) is 0 Å². The van der Waals surface area contributed by atoms with Crippen LogP contribution in [0, 0.1) is 0 Å². The van der Waals surface area contributed by atoms with E-state index in [1.807, 2.05) is 0 Å². The fraction of sp³-hybridized carbons (Fsp3) is 1.00. The molecular formula is C10H18F4N2O. The highest BCUT2D eigenvalue weighted by Gasteiger charge is 2.29. The largest absolute Gasteiger partial charge is 0.522 e. The number of likely N-dealkylation sites (N-methyl/N-ethyl adjacent to an activating group) is 1. The minimum Gasteiger partial charge on any atom is -0.311 e. The summed E-state index contributed by atoms with van der Waals surface area (Å²) in [6, 6.07) is -0.166. The highest BCUT2D eigenvalue weighted by Crippen LogP contribution is 2.16. The molecule has 0 aromatic heterocycles. The van der Waals surface area contributed by atoms with Crippen molar-refractivity contribution in [3.05, 3.63) is 0 Å². The lowest BCUT2D eigenvalue weighted by Crippen LogP contribution is -2.34. The van der Waals surface area contributed by atoms with Crippen molar-refractivity contribution in [3.8, 4) is 0 Å². The second kappa shape index (κ2) is 6.51. The summed E-state index contributed by atoms with van der Waals surface area (Å²) in [5.74, 6) is 0. The molecule has 17 heavy (non-hydrogen) atoms. The Morgan fingerprint density at radius 1 is 1.35 bits per heavy atom. The van der Waals surface area contributed by atoms with E-state index >= 15 is 0 Å². The van der Waals surface area contributed by atoms with Crippen molar-refractivity contribution in [2.24, 2.45) is 0 Å². The molecule has 1 aliphatic rings. The summed E-state index contributed by atoms with van der Waals surface area (Å²) in [5.41, 5.74) is 0. The quantitative estimate of drug-likeness (QED) is 0.731. The maximum absolute atomic E-state index is 13.2. The summed E-state index contributed by atoms with van der Waals surface area (Å²) < 4.78 is 51.9. The van der Waals surface area contributed by atoms with E-state index in [0.717, 1.165) is 0 Å². The molecule has 0 aliphatic carbocycles. The predicted octanol–water partition coefficient (Wildman–Crippen LogP) is 1.54. The Morgan fingerprint density at radius 2 is 2.06 bits per heavy atom. The van der Waals surface area contributed by atoms with Gasteiger partial charge >= 0.3 is 6.36 Å². The molecule has 0 radical (unpaired) electrons. The van der Waals surface area contributed by atoms with E-state index in [1.54, 1.807) is 11.9 Å². The highest BCUT2D eigenvalue weighted by molar-refractivity contribution is 4.83. The van der Waals surface area contributed by atoms with Gasteiger partial charge in [-0.05, 0) is 33.0 Å². The molecule has 0 amide bonds. The lowest BCUT2D eigenvalue weighted by Gasteiger charge is -2.20. The molecule has 1 N–H and O–H groups in total. The maximum Gasteiger partial charge on any atom is 0.522 e. The first-order valence-corrected chi connectivity index (χ1v) is 5.65. The van der Waals surface area contributed by atoms with Crippen molar-refractivity contribution in [3.63, 3.8) is 0 Å². The zero-order valence-corrected chi connectivity index (χ0v) is 9.76. The van der Waals surface area contributed by atoms with Crippen LogP contribution in [0.15, 0.2) is 0 Å². The van der Waals surface area contributed by atoms with Crippen LogP contribution in [0.1, 0.15) is 12.8 Å². The Kier molecular flexibility index (Phi) is 5.61. The molecule has 1 aliphatic heterocycles. The van der Waals surface area contributed by atoms with Gasteiger partial charge in [-0.25, -0.2) is 4.39 Å². The van der Waals surface area contributed by atoms with Gasteiger partial charge in [-0.3, -0.25) is 4.74 Å². The molecule has 0 aromatic rings. The van der Waals surface area contributed by atoms with E-state index in [4.69, 9.17) is 0 Å². The number of hydrogen-bond donors (Lipinski definition) is 1. The second-order valence-corrected chi connectivity index (χ2v) is 4.25. The van der Waals surface area contributed by atoms with Crippen LogP contribution in [0.5, 0.6) is 0 Å². The van der Waals surface area contributed by atoms with Crippen molar-refractivity contribution in [2.75, 3.05) is 33.3 Å². The number of ether oxygens (including phenoxy) is 1.